The van der Waals surface area contributed by atoms with Gasteiger partial charge in [0.2, 0.25) is 0 Å². The first-order valence-electron chi connectivity index (χ1n) is 5.87. The van der Waals surface area contributed by atoms with Crippen LogP contribution >= 0.6 is 11.6 Å². The Kier molecular flexibility index (Phi) is 5.92. The molecule has 1 rings (SSSR count). The fourth-order valence-electron chi connectivity index (χ4n) is 1.56. The van der Waals surface area contributed by atoms with Crippen molar-refractivity contribution in [3.63, 3.8) is 0 Å². The average molecular weight is 288 g/mol. The molecule has 5 nitrogen and oxygen atoms in total. The highest BCUT2D eigenvalue weighted by Crippen LogP contribution is 2.34. The third kappa shape index (κ3) is 4.61. The summed E-state index contributed by atoms with van der Waals surface area (Å²) in [6, 6.07) is 3.18. The van der Waals surface area contributed by atoms with E-state index in [9.17, 15) is 9.90 Å². The van der Waals surface area contributed by atoms with Crippen molar-refractivity contribution < 1.29 is 19.4 Å². The SMILES string of the molecule is COc1cc(Cl)cc(CO)c1OCC(=O)NC(C)C. The van der Waals surface area contributed by atoms with Crippen LogP contribution in [0.2, 0.25) is 5.02 Å². The quantitative estimate of drug-likeness (QED) is 0.836. The van der Waals surface area contributed by atoms with E-state index in [1.165, 1.54) is 7.11 Å². The molecule has 0 radical (unpaired) electrons. The van der Waals surface area contributed by atoms with Gasteiger partial charge in [0.15, 0.2) is 18.1 Å². The molecule has 0 aliphatic heterocycles. The number of hydrogen-bond acceptors (Lipinski definition) is 4. The minimum Gasteiger partial charge on any atom is -0.493 e. The van der Waals surface area contributed by atoms with Crippen LogP contribution in [0.5, 0.6) is 11.5 Å². The molecule has 0 unspecified atom stereocenters. The first-order valence-corrected chi connectivity index (χ1v) is 6.25. The standard InChI is InChI=1S/C13H18ClNO4/c1-8(2)15-12(17)7-19-13-9(6-16)4-10(14)5-11(13)18-3/h4-5,8,16H,6-7H2,1-3H3,(H,15,17). The number of carbonyl (C=O) groups is 1. The van der Waals surface area contributed by atoms with Crippen molar-refractivity contribution in [2.75, 3.05) is 13.7 Å². The van der Waals surface area contributed by atoms with Crippen molar-refractivity contribution in [2.45, 2.75) is 26.5 Å². The number of carbonyl (C=O) groups excluding carboxylic acids is 1. The van der Waals surface area contributed by atoms with Gasteiger partial charge in [-0.15, -0.1) is 0 Å². The molecule has 0 aromatic heterocycles. The Morgan fingerprint density at radius 3 is 2.68 bits per heavy atom. The van der Waals surface area contributed by atoms with Crippen molar-refractivity contribution in [3.05, 3.63) is 22.7 Å². The molecule has 0 saturated carbocycles. The first-order chi connectivity index (χ1) is 8.97. The zero-order valence-corrected chi connectivity index (χ0v) is 12.0. The van der Waals surface area contributed by atoms with E-state index in [2.05, 4.69) is 5.32 Å². The molecule has 0 aliphatic rings. The summed E-state index contributed by atoms with van der Waals surface area (Å²) in [5.41, 5.74) is 0.474. The van der Waals surface area contributed by atoms with Gasteiger partial charge in [-0.1, -0.05) is 11.6 Å². The molecule has 0 spiro atoms. The van der Waals surface area contributed by atoms with E-state index in [1.807, 2.05) is 13.8 Å². The third-order valence-electron chi connectivity index (χ3n) is 2.28. The van der Waals surface area contributed by atoms with E-state index in [0.717, 1.165) is 0 Å². The van der Waals surface area contributed by atoms with E-state index in [1.54, 1.807) is 12.1 Å². The molecule has 0 saturated heterocycles. The lowest BCUT2D eigenvalue weighted by molar-refractivity contribution is -0.123. The molecular weight excluding hydrogens is 270 g/mol. The molecule has 1 aromatic carbocycles. The Balaban J connectivity index is 2.84. The van der Waals surface area contributed by atoms with Gasteiger partial charge >= 0.3 is 0 Å². The van der Waals surface area contributed by atoms with Crippen LogP contribution in [-0.2, 0) is 11.4 Å². The summed E-state index contributed by atoms with van der Waals surface area (Å²) in [5, 5.41) is 12.4. The van der Waals surface area contributed by atoms with E-state index in [0.29, 0.717) is 22.1 Å². The number of aliphatic hydroxyl groups is 1. The second kappa shape index (κ2) is 7.21. The molecule has 0 fully saturated rings. The Morgan fingerprint density at radius 2 is 2.16 bits per heavy atom. The van der Waals surface area contributed by atoms with Gasteiger partial charge in [0.05, 0.1) is 13.7 Å². The maximum atomic E-state index is 11.5. The third-order valence-corrected chi connectivity index (χ3v) is 2.50. The maximum absolute atomic E-state index is 11.5. The van der Waals surface area contributed by atoms with Gasteiger partial charge in [-0.25, -0.2) is 0 Å². The van der Waals surface area contributed by atoms with Gasteiger partial charge in [0.25, 0.3) is 5.91 Å². The number of benzene rings is 1. The highest BCUT2D eigenvalue weighted by Gasteiger charge is 2.14. The molecular formula is C13H18ClNO4. The largest absolute Gasteiger partial charge is 0.493 e. The molecule has 6 heteroatoms. The predicted octanol–water partition coefficient (Wildman–Crippen LogP) is 1.74. The minimum absolute atomic E-state index is 0.0422. The zero-order valence-electron chi connectivity index (χ0n) is 11.2. The monoisotopic (exact) mass is 287 g/mol. The predicted molar refractivity (Wildman–Crippen MR) is 72.7 cm³/mol. The molecule has 0 atom stereocenters. The van der Waals surface area contributed by atoms with Crippen LogP contribution in [0, 0.1) is 0 Å². The summed E-state index contributed by atoms with van der Waals surface area (Å²) in [6.45, 7) is 3.32. The molecule has 1 amide bonds. The highest BCUT2D eigenvalue weighted by atomic mass is 35.5. The van der Waals surface area contributed by atoms with Crippen LogP contribution in [0.15, 0.2) is 12.1 Å². The summed E-state index contributed by atoms with van der Waals surface area (Å²) in [5.74, 6) is 0.470. The van der Waals surface area contributed by atoms with Gasteiger partial charge in [0.1, 0.15) is 0 Å². The number of nitrogens with one attached hydrogen (secondary N) is 1. The van der Waals surface area contributed by atoms with E-state index in [4.69, 9.17) is 21.1 Å². The van der Waals surface area contributed by atoms with Crippen molar-refractivity contribution in [3.8, 4) is 11.5 Å². The van der Waals surface area contributed by atoms with Crippen LogP contribution in [0.3, 0.4) is 0 Å². The highest BCUT2D eigenvalue weighted by molar-refractivity contribution is 6.30. The number of ether oxygens (including phenoxy) is 2. The Hall–Kier alpha value is -1.46. The topological polar surface area (TPSA) is 67.8 Å². The van der Waals surface area contributed by atoms with Crippen LogP contribution in [0.4, 0.5) is 0 Å². The summed E-state index contributed by atoms with van der Waals surface area (Å²) in [7, 11) is 1.47. The van der Waals surface area contributed by atoms with Crippen molar-refractivity contribution in [1.82, 2.24) is 5.32 Å². The number of rotatable bonds is 6. The Labute approximate surface area is 117 Å². The smallest absolute Gasteiger partial charge is 0.258 e. The van der Waals surface area contributed by atoms with E-state index < -0.39 is 0 Å². The second-order valence-electron chi connectivity index (χ2n) is 4.27. The molecule has 0 heterocycles. The molecule has 0 aliphatic carbocycles. The lowest BCUT2D eigenvalue weighted by Gasteiger charge is -2.15. The van der Waals surface area contributed by atoms with Gasteiger partial charge in [-0.3, -0.25) is 4.79 Å². The number of amides is 1. The number of halogens is 1. The van der Waals surface area contributed by atoms with Gasteiger partial charge < -0.3 is 19.9 Å². The van der Waals surface area contributed by atoms with Crippen LogP contribution < -0.4 is 14.8 Å². The average Bonchev–Trinajstić information content (AvgIpc) is 2.35. The van der Waals surface area contributed by atoms with Gasteiger partial charge in [-0.2, -0.15) is 0 Å². The van der Waals surface area contributed by atoms with Crippen molar-refractivity contribution in [2.24, 2.45) is 0 Å². The van der Waals surface area contributed by atoms with Crippen molar-refractivity contribution in [1.29, 1.82) is 0 Å². The fraction of sp³-hybridized carbons (Fsp3) is 0.462. The van der Waals surface area contributed by atoms with Crippen LogP contribution in [-0.4, -0.2) is 30.8 Å². The number of methoxy groups -OCH3 is 1. The first kappa shape index (κ1) is 15.6. The lowest BCUT2D eigenvalue weighted by atomic mass is 10.2. The lowest BCUT2D eigenvalue weighted by Crippen LogP contribution is -2.34. The van der Waals surface area contributed by atoms with Gasteiger partial charge in [-0.05, 0) is 19.9 Å². The summed E-state index contributed by atoms with van der Waals surface area (Å²) >= 11 is 5.89. The van der Waals surface area contributed by atoms with Gasteiger partial charge in [0, 0.05) is 22.7 Å². The second-order valence-corrected chi connectivity index (χ2v) is 4.70. The summed E-state index contributed by atoms with van der Waals surface area (Å²) in [4.78, 5) is 11.5. The molecule has 19 heavy (non-hydrogen) atoms. The Bertz CT molecular complexity index is 423. The number of hydrogen-bond donors (Lipinski definition) is 2. The molecule has 1 aromatic rings. The molecule has 0 bridgehead atoms. The van der Waals surface area contributed by atoms with Crippen LogP contribution in [0.25, 0.3) is 0 Å². The fourth-order valence-corrected chi connectivity index (χ4v) is 1.79. The zero-order chi connectivity index (χ0) is 14.4. The number of aliphatic hydroxyl groups excluding tert-OH is 1. The summed E-state index contributed by atoms with van der Waals surface area (Å²) < 4.78 is 10.5. The van der Waals surface area contributed by atoms with Crippen LogP contribution in [0.1, 0.15) is 19.4 Å². The van der Waals surface area contributed by atoms with Crippen molar-refractivity contribution >= 4 is 17.5 Å². The van der Waals surface area contributed by atoms with E-state index >= 15 is 0 Å². The normalized spacial score (nSPS) is 10.4. The maximum Gasteiger partial charge on any atom is 0.258 e. The molecule has 2 N–H and O–H groups in total. The molecule has 106 valence electrons. The summed E-state index contributed by atoms with van der Waals surface area (Å²) in [6.07, 6.45) is 0. The Morgan fingerprint density at radius 1 is 1.47 bits per heavy atom. The van der Waals surface area contributed by atoms with E-state index in [-0.39, 0.29) is 25.2 Å². The minimum atomic E-state index is -0.252.